The van der Waals surface area contributed by atoms with E-state index in [1.54, 1.807) is 0 Å². The zero-order chi connectivity index (χ0) is 28.6. The lowest BCUT2D eigenvalue weighted by Crippen LogP contribution is -2.73. The van der Waals surface area contributed by atoms with Gasteiger partial charge >= 0.3 is 59.7 Å². The zero-order valence-electron chi connectivity index (χ0n) is 14.2. The van der Waals surface area contributed by atoms with Crippen LogP contribution in [0.25, 0.3) is 0 Å². The van der Waals surface area contributed by atoms with E-state index in [0.717, 1.165) is 0 Å². The van der Waals surface area contributed by atoms with Crippen LogP contribution >= 0.6 is 0 Å². The zero-order valence-corrected chi connectivity index (χ0v) is 14.2. The van der Waals surface area contributed by atoms with Crippen molar-refractivity contribution in [3.63, 3.8) is 0 Å². The highest BCUT2D eigenvalue weighted by molar-refractivity contribution is 5.94. The summed E-state index contributed by atoms with van der Waals surface area (Å²) >= 11 is 0. The molecule has 0 bridgehead atoms. The molecule has 204 valence electrons. The van der Waals surface area contributed by atoms with Gasteiger partial charge in [-0.05, 0) is 0 Å². The van der Waals surface area contributed by atoms with Gasteiger partial charge in [-0.15, -0.1) is 0 Å². The first-order valence-electron chi connectivity index (χ1n) is 6.86. The van der Waals surface area contributed by atoms with Gasteiger partial charge in [0.1, 0.15) is 0 Å². The summed E-state index contributed by atoms with van der Waals surface area (Å²) in [6.07, 6.45) is -15.9. The largest absolute Gasteiger partial charge is 0.460 e. The van der Waals surface area contributed by atoms with E-state index in [0.29, 0.717) is 0 Å². The average Bonchev–Trinajstić information content (AvgIpc) is 2.57. The van der Waals surface area contributed by atoms with Gasteiger partial charge in [-0.2, -0.15) is 96.6 Å². The van der Waals surface area contributed by atoms with Crippen molar-refractivity contribution in [3.05, 3.63) is 0 Å². The number of ketones is 1. The second-order valence-electron chi connectivity index (χ2n) is 5.92. The van der Waals surface area contributed by atoms with E-state index in [9.17, 15) is 101 Å². The van der Waals surface area contributed by atoms with Crippen LogP contribution in [0.15, 0.2) is 0 Å². The first-order valence-corrected chi connectivity index (χ1v) is 6.86. The maximum Gasteiger partial charge on any atom is 0.460 e. The quantitative estimate of drug-likeness (QED) is 0.297. The number of rotatable bonds is 8. The number of carbonyl (C=O) groups excluding carboxylic acids is 1. The highest BCUT2D eigenvalue weighted by Crippen LogP contribution is 2.61. The summed E-state index contributed by atoms with van der Waals surface area (Å²) in [5.74, 6) is -75.4. The molecule has 0 saturated carbocycles. The first-order chi connectivity index (χ1) is 14.2. The van der Waals surface area contributed by atoms with Crippen molar-refractivity contribution in [2.24, 2.45) is 0 Å². The van der Waals surface area contributed by atoms with Crippen LogP contribution in [0, 0.1) is 0 Å². The summed E-state index contributed by atoms with van der Waals surface area (Å²) in [6.45, 7) is 0. The number of hydrogen-bond donors (Lipinski definition) is 0. The fourth-order valence-corrected chi connectivity index (χ4v) is 1.63. The number of halogens is 22. The third-order valence-corrected chi connectivity index (χ3v) is 3.65. The molecule has 0 radical (unpaired) electrons. The van der Waals surface area contributed by atoms with E-state index in [1.165, 1.54) is 0 Å². The molecule has 0 rings (SSSR count). The van der Waals surface area contributed by atoms with Gasteiger partial charge in [0.05, 0.1) is 0 Å². The molecule has 0 aromatic rings. The Balaban J connectivity index is 6.90. The molecule has 0 aliphatic rings. The maximum atomic E-state index is 13.2. The van der Waals surface area contributed by atoms with E-state index in [2.05, 4.69) is 0 Å². The Bertz CT molecular complexity index is 716. The monoisotopic (exact) mass is 566 g/mol. The summed E-state index contributed by atoms with van der Waals surface area (Å²) in [6, 6.07) is 0. The van der Waals surface area contributed by atoms with Crippen LogP contribution in [-0.4, -0.2) is 65.5 Å². The highest BCUT2D eigenvalue weighted by Gasteiger charge is 2.94. The molecule has 1 nitrogen and oxygen atoms in total. The third-order valence-electron chi connectivity index (χ3n) is 3.65. The van der Waals surface area contributed by atoms with E-state index in [-0.39, 0.29) is 0 Å². The molecule has 0 amide bonds. The topological polar surface area (TPSA) is 17.1 Å². The molecule has 0 aliphatic carbocycles. The fourth-order valence-electron chi connectivity index (χ4n) is 1.63. The van der Waals surface area contributed by atoms with Crippen molar-refractivity contribution >= 4 is 5.78 Å². The predicted molar refractivity (Wildman–Crippen MR) is 56.7 cm³/mol. The average molecular weight is 566 g/mol. The Hall–Kier alpha value is -1.87. The van der Waals surface area contributed by atoms with Crippen molar-refractivity contribution in [1.29, 1.82) is 0 Å². The van der Waals surface area contributed by atoms with Gasteiger partial charge < -0.3 is 0 Å². The fraction of sp³-hybridized carbons (Fsp3) is 0.909. The molecule has 34 heavy (non-hydrogen) atoms. The maximum absolute atomic E-state index is 13.2. The Morgan fingerprint density at radius 1 is 0.294 bits per heavy atom. The van der Waals surface area contributed by atoms with E-state index < -0.39 is 65.5 Å². The first kappa shape index (κ1) is 32.1. The molecule has 0 aliphatic heterocycles. The molecule has 0 saturated heterocycles. The molecular formula is C11F22O. The minimum atomic E-state index is -8.84. The number of alkyl halides is 22. The van der Waals surface area contributed by atoms with Crippen LogP contribution < -0.4 is 0 Å². The molecule has 0 spiro atoms. The molecule has 0 aromatic heterocycles. The molecule has 23 heteroatoms. The van der Waals surface area contributed by atoms with Crippen LogP contribution in [0.2, 0.25) is 0 Å². The van der Waals surface area contributed by atoms with Gasteiger partial charge in [-0.25, -0.2) is 0 Å². The Morgan fingerprint density at radius 3 is 0.618 bits per heavy atom. The predicted octanol–water partition coefficient (Wildman–Crippen LogP) is 6.76. The van der Waals surface area contributed by atoms with Gasteiger partial charge in [-0.1, -0.05) is 0 Å². The van der Waals surface area contributed by atoms with Crippen molar-refractivity contribution in [2.45, 2.75) is 59.7 Å². The molecule has 0 heterocycles. The molecule has 0 N–H and O–H groups in total. The van der Waals surface area contributed by atoms with E-state index >= 15 is 0 Å². The van der Waals surface area contributed by atoms with Crippen LogP contribution in [0.3, 0.4) is 0 Å². The Labute approximate surface area is 168 Å². The van der Waals surface area contributed by atoms with E-state index in [4.69, 9.17) is 0 Å². The third kappa shape index (κ3) is 3.79. The van der Waals surface area contributed by atoms with Crippen molar-refractivity contribution in [2.75, 3.05) is 0 Å². The van der Waals surface area contributed by atoms with Crippen molar-refractivity contribution < 1.29 is 101 Å². The van der Waals surface area contributed by atoms with Gasteiger partial charge in [-0.3, -0.25) is 4.79 Å². The Morgan fingerprint density at radius 2 is 0.471 bits per heavy atom. The van der Waals surface area contributed by atoms with Gasteiger partial charge in [0.2, 0.25) is 0 Å². The normalized spacial score (nSPS) is 16.6. The molecule has 0 aromatic carbocycles. The number of carbonyl (C=O) groups is 1. The lowest BCUT2D eigenvalue weighted by Gasteiger charge is -2.40. The Kier molecular flexibility index (Phi) is 7.15. The second-order valence-corrected chi connectivity index (χ2v) is 5.92. The number of hydrogen-bond acceptors (Lipinski definition) is 1. The summed E-state index contributed by atoms with van der Waals surface area (Å²) in [7, 11) is 0. The minimum absolute atomic E-state index is 6.15. The lowest BCUT2D eigenvalue weighted by molar-refractivity contribution is -0.426. The van der Waals surface area contributed by atoms with Crippen LogP contribution in [0.4, 0.5) is 96.6 Å². The molecule has 0 fully saturated rings. The van der Waals surface area contributed by atoms with Crippen molar-refractivity contribution in [1.82, 2.24) is 0 Å². The summed E-state index contributed by atoms with van der Waals surface area (Å²) < 4.78 is 278. The standard InChI is InChI=1S/C11F22O/c12-2(13,4(16,17)6(20,21)8(24,25)10(28,29)30)1(34)3(14,15)5(18,19)7(22,23)9(26,27)11(31,32)33. The smallest absolute Gasteiger partial charge is 0.286 e. The van der Waals surface area contributed by atoms with Crippen molar-refractivity contribution in [3.8, 4) is 0 Å². The number of Topliss-reactive ketones (excluding diaryl/α,β-unsaturated/α-hetero) is 1. The minimum Gasteiger partial charge on any atom is -0.286 e. The van der Waals surface area contributed by atoms with Crippen LogP contribution in [0.1, 0.15) is 0 Å². The van der Waals surface area contributed by atoms with E-state index in [1.807, 2.05) is 0 Å². The summed E-state index contributed by atoms with van der Waals surface area (Å²) in [4.78, 5) is 10.6. The van der Waals surface area contributed by atoms with Crippen LogP contribution in [0.5, 0.6) is 0 Å². The molecule has 0 atom stereocenters. The summed E-state index contributed by atoms with van der Waals surface area (Å²) in [5.41, 5.74) is 0. The molecular weight excluding hydrogens is 566 g/mol. The highest BCUT2D eigenvalue weighted by atomic mass is 19.4. The van der Waals surface area contributed by atoms with Crippen LogP contribution in [-0.2, 0) is 4.79 Å². The van der Waals surface area contributed by atoms with Gasteiger partial charge in [0, 0.05) is 0 Å². The van der Waals surface area contributed by atoms with Gasteiger partial charge in [0.15, 0.2) is 0 Å². The van der Waals surface area contributed by atoms with Gasteiger partial charge in [0.25, 0.3) is 5.78 Å². The summed E-state index contributed by atoms with van der Waals surface area (Å²) in [5, 5.41) is 0. The lowest BCUT2D eigenvalue weighted by atomic mass is 9.88. The molecule has 0 unspecified atom stereocenters. The second kappa shape index (κ2) is 7.56. The SMILES string of the molecule is O=C(C(F)(F)C(F)(F)C(F)(F)C(F)(F)C(F)(F)F)C(F)(F)C(F)(F)C(F)(F)C(F)(F)C(F)(F)F.